The Hall–Kier alpha value is -1.32. The van der Waals surface area contributed by atoms with E-state index >= 15 is 0 Å². The van der Waals surface area contributed by atoms with Gasteiger partial charge in [-0.05, 0) is 59.4 Å². The van der Waals surface area contributed by atoms with Crippen molar-refractivity contribution < 1.29 is 8.78 Å². The Kier molecular flexibility index (Phi) is 8.42. The lowest BCUT2D eigenvalue weighted by molar-refractivity contribution is 0.625. The zero-order valence-corrected chi connectivity index (χ0v) is 18.9. The van der Waals surface area contributed by atoms with Gasteiger partial charge >= 0.3 is 0 Å². The summed E-state index contributed by atoms with van der Waals surface area (Å²) in [5.74, 6) is -0.593. The van der Waals surface area contributed by atoms with E-state index in [9.17, 15) is 8.78 Å². The third-order valence-corrected chi connectivity index (χ3v) is 6.67. The fourth-order valence-electron chi connectivity index (χ4n) is 3.16. The van der Waals surface area contributed by atoms with Crippen molar-refractivity contribution in [3.8, 4) is 0 Å². The molecule has 0 saturated heterocycles. The molecule has 0 radical (unpaired) electrons. The summed E-state index contributed by atoms with van der Waals surface area (Å²) in [6.45, 7) is 0. The lowest BCUT2D eigenvalue weighted by atomic mass is 9.99. The van der Waals surface area contributed by atoms with Gasteiger partial charge in [0.2, 0.25) is 0 Å². The molecule has 0 aliphatic rings. The maximum Gasteiger partial charge on any atom is 0.123 e. The van der Waals surface area contributed by atoms with Crippen LogP contribution in [0.4, 0.5) is 8.78 Å². The molecule has 158 valence electrons. The van der Waals surface area contributed by atoms with Crippen LogP contribution in [0.1, 0.15) is 56.6 Å². The zero-order valence-electron chi connectivity index (χ0n) is 15.9. The van der Waals surface area contributed by atoms with Gasteiger partial charge in [-0.2, -0.15) is 0 Å². The summed E-state index contributed by atoms with van der Waals surface area (Å²) < 4.78 is 26.1. The molecule has 0 bridgehead atoms. The van der Waals surface area contributed by atoms with Gasteiger partial charge in [-0.15, -0.1) is 46.4 Å². The van der Waals surface area contributed by atoms with E-state index in [1.165, 1.54) is 24.3 Å². The molecule has 4 atom stereocenters. The lowest BCUT2D eigenvalue weighted by Gasteiger charge is -2.17. The number of alkyl halides is 4. The van der Waals surface area contributed by atoms with Crippen LogP contribution in [-0.4, -0.2) is 0 Å². The molecule has 0 aromatic heterocycles. The fraction of sp³-hybridized carbons (Fsp3) is 0.250. The predicted octanol–water partition coefficient (Wildman–Crippen LogP) is 9.26. The standard InChI is InChI=1S/C24H20Cl4F2/c25-21(13-23(27)17-5-9-19(29)10-6-17)15-1-2-16(4-3-15)22(26)14-24(28)18-7-11-20(30)12-8-18/h1-12,21-24H,13-14H2. The van der Waals surface area contributed by atoms with Crippen molar-refractivity contribution in [3.05, 3.63) is 107 Å². The van der Waals surface area contributed by atoms with Crippen LogP contribution in [0.5, 0.6) is 0 Å². The highest BCUT2D eigenvalue weighted by molar-refractivity contribution is 6.24. The second-order valence-electron chi connectivity index (χ2n) is 7.11. The highest BCUT2D eigenvalue weighted by Gasteiger charge is 2.19. The highest BCUT2D eigenvalue weighted by Crippen LogP contribution is 2.38. The van der Waals surface area contributed by atoms with Crippen molar-refractivity contribution in [2.24, 2.45) is 0 Å². The summed E-state index contributed by atoms with van der Waals surface area (Å²) in [6, 6.07) is 19.9. The van der Waals surface area contributed by atoms with Crippen LogP contribution in [0.3, 0.4) is 0 Å². The third kappa shape index (κ3) is 6.34. The summed E-state index contributed by atoms with van der Waals surface area (Å²) >= 11 is 26.0. The lowest BCUT2D eigenvalue weighted by Crippen LogP contribution is -2.00. The van der Waals surface area contributed by atoms with Crippen LogP contribution in [0.15, 0.2) is 72.8 Å². The average Bonchev–Trinajstić information content (AvgIpc) is 2.74. The quantitative estimate of drug-likeness (QED) is 0.277. The Morgan fingerprint density at radius 3 is 0.867 bits per heavy atom. The summed E-state index contributed by atoms with van der Waals surface area (Å²) in [5.41, 5.74) is 3.52. The van der Waals surface area contributed by atoms with Gasteiger partial charge in [0, 0.05) is 0 Å². The Labute approximate surface area is 195 Å². The summed E-state index contributed by atoms with van der Waals surface area (Å²) in [5, 5.41) is -1.22. The van der Waals surface area contributed by atoms with Crippen molar-refractivity contribution in [2.45, 2.75) is 34.3 Å². The maximum absolute atomic E-state index is 13.1. The van der Waals surface area contributed by atoms with E-state index < -0.39 is 0 Å². The Bertz CT molecular complexity index is 848. The molecule has 6 heteroatoms. The zero-order chi connectivity index (χ0) is 21.7. The van der Waals surface area contributed by atoms with E-state index in [0.29, 0.717) is 12.8 Å². The Balaban J connectivity index is 1.59. The molecule has 0 heterocycles. The van der Waals surface area contributed by atoms with E-state index in [1.807, 2.05) is 24.3 Å². The molecule has 3 aromatic carbocycles. The van der Waals surface area contributed by atoms with Gasteiger partial charge in [-0.1, -0.05) is 48.5 Å². The minimum atomic E-state index is -0.318. The van der Waals surface area contributed by atoms with E-state index in [1.54, 1.807) is 24.3 Å². The van der Waals surface area contributed by atoms with E-state index in [0.717, 1.165) is 22.3 Å². The largest absolute Gasteiger partial charge is 0.207 e. The summed E-state index contributed by atoms with van der Waals surface area (Å²) in [6.07, 6.45) is 1.01. The van der Waals surface area contributed by atoms with Crippen molar-refractivity contribution in [1.82, 2.24) is 0 Å². The molecule has 4 unspecified atom stereocenters. The predicted molar refractivity (Wildman–Crippen MR) is 123 cm³/mol. The third-order valence-electron chi connectivity index (χ3n) is 4.95. The monoisotopic (exact) mass is 486 g/mol. The number of hydrogen-bond acceptors (Lipinski definition) is 0. The normalized spacial score (nSPS) is 15.4. The first-order valence-corrected chi connectivity index (χ1v) is 11.2. The minimum absolute atomic E-state index is 0.291. The number of rotatable bonds is 8. The van der Waals surface area contributed by atoms with Crippen LogP contribution in [0.2, 0.25) is 0 Å². The molecular weight excluding hydrogens is 468 g/mol. The van der Waals surface area contributed by atoms with E-state index in [-0.39, 0.29) is 33.1 Å². The van der Waals surface area contributed by atoms with Crippen molar-refractivity contribution in [2.75, 3.05) is 0 Å². The van der Waals surface area contributed by atoms with E-state index in [2.05, 4.69) is 0 Å². The topological polar surface area (TPSA) is 0 Å². The Morgan fingerprint density at radius 1 is 0.433 bits per heavy atom. The first-order valence-electron chi connectivity index (χ1n) is 9.50. The molecule has 3 aromatic rings. The maximum atomic E-state index is 13.1. The molecular formula is C24H20Cl4F2. The van der Waals surface area contributed by atoms with Crippen molar-refractivity contribution >= 4 is 46.4 Å². The Morgan fingerprint density at radius 2 is 0.633 bits per heavy atom. The van der Waals surface area contributed by atoms with Crippen molar-refractivity contribution in [3.63, 3.8) is 0 Å². The van der Waals surface area contributed by atoms with Gasteiger partial charge < -0.3 is 0 Å². The number of hydrogen-bond donors (Lipinski definition) is 0. The van der Waals surface area contributed by atoms with E-state index in [4.69, 9.17) is 46.4 Å². The second kappa shape index (κ2) is 10.8. The van der Waals surface area contributed by atoms with Crippen LogP contribution in [0, 0.1) is 11.6 Å². The van der Waals surface area contributed by atoms with Crippen LogP contribution in [0.25, 0.3) is 0 Å². The molecule has 3 rings (SSSR count). The molecule has 0 aliphatic carbocycles. The molecule has 0 spiro atoms. The first-order chi connectivity index (χ1) is 14.3. The van der Waals surface area contributed by atoms with Crippen LogP contribution >= 0.6 is 46.4 Å². The van der Waals surface area contributed by atoms with Gasteiger partial charge in [-0.3, -0.25) is 0 Å². The highest BCUT2D eigenvalue weighted by atomic mass is 35.5. The average molecular weight is 488 g/mol. The SMILES string of the molecule is Fc1ccc(C(Cl)CC(Cl)c2ccc(C(Cl)CC(Cl)c3ccc(F)cc3)cc2)cc1. The first kappa shape index (κ1) is 23.3. The summed E-state index contributed by atoms with van der Waals surface area (Å²) in [4.78, 5) is 0. The number of halogens is 6. The molecule has 0 saturated carbocycles. The molecule has 0 amide bonds. The van der Waals surface area contributed by atoms with Gasteiger partial charge in [0.05, 0.1) is 21.5 Å². The minimum Gasteiger partial charge on any atom is -0.207 e. The summed E-state index contributed by atoms with van der Waals surface area (Å²) in [7, 11) is 0. The van der Waals surface area contributed by atoms with Gasteiger partial charge in [-0.25, -0.2) is 8.78 Å². The smallest absolute Gasteiger partial charge is 0.123 e. The van der Waals surface area contributed by atoms with Gasteiger partial charge in [0.25, 0.3) is 0 Å². The number of benzene rings is 3. The van der Waals surface area contributed by atoms with Crippen LogP contribution < -0.4 is 0 Å². The van der Waals surface area contributed by atoms with Crippen LogP contribution in [-0.2, 0) is 0 Å². The molecule has 30 heavy (non-hydrogen) atoms. The molecule has 0 N–H and O–H groups in total. The second-order valence-corrected chi connectivity index (χ2v) is 9.22. The van der Waals surface area contributed by atoms with Crippen molar-refractivity contribution in [1.29, 1.82) is 0 Å². The fourth-order valence-corrected chi connectivity index (χ4v) is 4.64. The molecule has 0 aliphatic heterocycles. The van der Waals surface area contributed by atoms with Gasteiger partial charge in [0.15, 0.2) is 0 Å². The molecule has 0 fully saturated rings. The van der Waals surface area contributed by atoms with Gasteiger partial charge in [0.1, 0.15) is 11.6 Å². The molecule has 0 nitrogen and oxygen atoms in total.